The highest BCUT2D eigenvalue weighted by atomic mass is 15.4. The van der Waals surface area contributed by atoms with Crippen LogP contribution in [0.2, 0.25) is 0 Å². The number of allylic oxidation sites excluding steroid dienone is 9. The Morgan fingerprint density at radius 3 is 2.14 bits per heavy atom. The van der Waals surface area contributed by atoms with E-state index in [4.69, 9.17) is 10.2 Å². The van der Waals surface area contributed by atoms with E-state index in [-0.39, 0.29) is 11.8 Å². The highest BCUT2D eigenvalue weighted by molar-refractivity contribution is 6.18. The molecule has 0 bridgehead atoms. The van der Waals surface area contributed by atoms with Crippen molar-refractivity contribution in [2.45, 2.75) is 12.8 Å². The molecule has 2 atom stereocenters. The zero-order valence-electron chi connectivity index (χ0n) is 27.2. The van der Waals surface area contributed by atoms with Crippen LogP contribution in [-0.2, 0) is 6.42 Å². The molecule has 234 valence electrons. The maximum atomic E-state index is 5.15. The average molecular weight is 639 g/mol. The van der Waals surface area contributed by atoms with Gasteiger partial charge in [-0.3, -0.25) is 9.13 Å². The summed E-state index contributed by atoms with van der Waals surface area (Å²) < 4.78 is 4.75. The molecule has 2 heterocycles. The molecule has 2 aromatic heterocycles. The summed E-state index contributed by atoms with van der Waals surface area (Å²) in [7, 11) is 0. The van der Waals surface area contributed by atoms with E-state index in [1.54, 1.807) is 0 Å². The van der Waals surface area contributed by atoms with Crippen molar-refractivity contribution < 1.29 is 0 Å². The molecule has 0 radical (unpaired) electrons. The molecule has 4 nitrogen and oxygen atoms in total. The Bertz CT molecular complexity index is 2800. The summed E-state index contributed by atoms with van der Waals surface area (Å²) in [5.74, 6) is 2.08. The minimum atomic E-state index is 0.130. The Morgan fingerprint density at radius 1 is 0.580 bits per heavy atom. The van der Waals surface area contributed by atoms with Gasteiger partial charge in [0.2, 0.25) is 5.95 Å². The Balaban J connectivity index is 1.16. The van der Waals surface area contributed by atoms with Gasteiger partial charge in [0.15, 0.2) is 5.82 Å². The first-order valence-electron chi connectivity index (χ1n) is 17.7. The summed E-state index contributed by atoms with van der Waals surface area (Å²) in [4.78, 5) is 0. The third-order valence-corrected chi connectivity index (χ3v) is 11.7. The van der Waals surface area contributed by atoms with Crippen LogP contribution in [0.3, 0.4) is 0 Å². The second-order valence-electron chi connectivity index (χ2n) is 14.0. The smallest absolute Gasteiger partial charge is 0.241 e. The molecule has 0 amide bonds. The van der Waals surface area contributed by atoms with Gasteiger partial charge in [-0.2, -0.15) is 0 Å². The molecule has 2 unspecified atom stereocenters. The molecule has 50 heavy (non-hydrogen) atoms. The van der Waals surface area contributed by atoms with Gasteiger partial charge in [-0.15, -0.1) is 10.2 Å². The second-order valence-corrected chi connectivity index (χ2v) is 14.0. The van der Waals surface area contributed by atoms with E-state index in [1.807, 2.05) is 0 Å². The van der Waals surface area contributed by atoms with E-state index in [1.165, 1.54) is 83.2 Å². The van der Waals surface area contributed by atoms with E-state index in [0.717, 1.165) is 30.2 Å². The van der Waals surface area contributed by atoms with E-state index in [9.17, 15) is 0 Å². The molecule has 5 aromatic carbocycles. The van der Waals surface area contributed by atoms with E-state index >= 15 is 0 Å². The normalized spacial score (nSPS) is 18.8. The predicted octanol–water partition coefficient (Wildman–Crippen LogP) is 10.8. The van der Waals surface area contributed by atoms with Crippen molar-refractivity contribution in [3.8, 4) is 39.6 Å². The van der Waals surface area contributed by atoms with Crippen LogP contribution >= 0.6 is 0 Å². The van der Waals surface area contributed by atoms with Gasteiger partial charge in [-0.25, -0.2) is 0 Å². The van der Waals surface area contributed by atoms with Gasteiger partial charge in [0.25, 0.3) is 0 Å². The molecule has 0 fully saturated rings. The second kappa shape index (κ2) is 9.67. The van der Waals surface area contributed by atoms with Crippen LogP contribution in [-0.4, -0.2) is 19.3 Å². The van der Waals surface area contributed by atoms with Crippen LogP contribution in [0.25, 0.3) is 84.2 Å². The van der Waals surface area contributed by atoms with Crippen molar-refractivity contribution >= 4 is 44.6 Å². The van der Waals surface area contributed by atoms with Gasteiger partial charge < -0.3 is 0 Å². The van der Waals surface area contributed by atoms with E-state index < -0.39 is 0 Å². The quantitative estimate of drug-likeness (QED) is 0.193. The Morgan fingerprint density at radius 2 is 1.28 bits per heavy atom. The summed E-state index contributed by atoms with van der Waals surface area (Å²) in [6, 6.07) is 37.7. The first-order valence-corrected chi connectivity index (χ1v) is 17.7. The lowest BCUT2D eigenvalue weighted by atomic mass is 9.75. The fourth-order valence-electron chi connectivity index (χ4n) is 9.67. The number of para-hydroxylation sites is 1. The topological polar surface area (TPSA) is 35.6 Å². The van der Waals surface area contributed by atoms with Crippen molar-refractivity contribution in [1.82, 2.24) is 19.3 Å². The minimum Gasteiger partial charge on any atom is -0.278 e. The van der Waals surface area contributed by atoms with Crippen molar-refractivity contribution in [3.05, 3.63) is 162 Å². The third kappa shape index (κ3) is 3.31. The maximum absolute atomic E-state index is 5.15. The largest absolute Gasteiger partial charge is 0.278 e. The van der Waals surface area contributed by atoms with Gasteiger partial charge in [-0.05, 0) is 98.0 Å². The first kappa shape index (κ1) is 26.7. The molecule has 0 saturated carbocycles. The third-order valence-electron chi connectivity index (χ3n) is 11.7. The fraction of sp³-hybridized carbons (Fsp3) is 0.0870. The molecule has 0 N–H and O–H groups in total. The molecule has 0 saturated heterocycles. The number of aromatic nitrogens is 4. The summed E-state index contributed by atoms with van der Waals surface area (Å²) in [6.45, 7) is 0. The number of nitrogens with zero attached hydrogens (tertiary/aromatic N) is 4. The predicted molar refractivity (Wildman–Crippen MR) is 204 cm³/mol. The number of aryl methyl sites for hydroxylation is 1. The molecule has 0 spiro atoms. The highest BCUT2D eigenvalue weighted by Gasteiger charge is 2.42. The van der Waals surface area contributed by atoms with Crippen LogP contribution < -0.4 is 0 Å². The monoisotopic (exact) mass is 638 g/mol. The van der Waals surface area contributed by atoms with Crippen LogP contribution in [0.4, 0.5) is 0 Å². The van der Waals surface area contributed by atoms with Crippen molar-refractivity contribution in [2.24, 2.45) is 11.8 Å². The van der Waals surface area contributed by atoms with Gasteiger partial charge in [-0.1, -0.05) is 121 Å². The zero-order valence-corrected chi connectivity index (χ0v) is 27.2. The Hall–Kier alpha value is -6.26. The number of hydrogen-bond acceptors (Lipinski definition) is 2. The minimum absolute atomic E-state index is 0.130. The lowest BCUT2D eigenvalue weighted by Gasteiger charge is -2.32. The van der Waals surface area contributed by atoms with Crippen LogP contribution in [0, 0.1) is 11.8 Å². The molecule has 0 aliphatic heterocycles. The molecule has 12 rings (SSSR count). The molecule has 5 aliphatic rings. The van der Waals surface area contributed by atoms with Gasteiger partial charge >= 0.3 is 0 Å². The number of rotatable bonds is 3. The van der Waals surface area contributed by atoms with Crippen LogP contribution in [0.1, 0.15) is 28.8 Å². The zero-order chi connectivity index (χ0) is 32.5. The standard InChI is InChI=1S/C46H30N4/c1-3-13-29-27(11-1)33-17-9-19-35-38(24-23-36(29)43(33)35)45-47-48-46(49-40-21-7-5-15-31(40)32-16-6-8-22-41(32)49)50(45)42-26-25-37-30-14-4-2-12-28(30)34-18-10-20-39(42)44(34)37/h1-5,7-15,17-26,39,44H,6,16H2. The molecule has 5 aliphatic carbocycles. The number of fused-ring (bicyclic) bond motifs is 9. The highest BCUT2D eigenvalue weighted by Crippen LogP contribution is 2.56. The lowest BCUT2D eigenvalue weighted by Crippen LogP contribution is -2.23. The summed E-state index contributed by atoms with van der Waals surface area (Å²) >= 11 is 0. The SMILES string of the molecule is C1=CC2C(n3c(-c4ccc5c6c(cccc46)-c4ccccc4-5)nnc3-n3c4c(c5ccccc53)CCC=C4)=CC=C3c4ccccc4C(=C1)C32. The first-order chi connectivity index (χ1) is 24.8. The molecule has 4 heteroatoms. The number of hydrogen-bond donors (Lipinski definition) is 0. The van der Waals surface area contributed by atoms with Crippen LogP contribution in [0.5, 0.6) is 0 Å². The number of benzene rings is 5. The van der Waals surface area contributed by atoms with Gasteiger partial charge in [0, 0.05) is 28.5 Å². The van der Waals surface area contributed by atoms with E-state index in [2.05, 4.69) is 155 Å². The van der Waals surface area contributed by atoms with E-state index in [0.29, 0.717) is 0 Å². The van der Waals surface area contributed by atoms with Crippen molar-refractivity contribution in [1.29, 1.82) is 0 Å². The fourth-order valence-corrected chi connectivity index (χ4v) is 9.67. The van der Waals surface area contributed by atoms with Gasteiger partial charge in [0.1, 0.15) is 0 Å². The molecular formula is C46H30N4. The van der Waals surface area contributed by atoms with Crippen LogP contribution in [0.15, 0.2) is 140 Å². The van der Waals surface area contributed by atoms with Crippen molar-refractivity contribution in [3.63, 3.8) is 0 Å². The average Bonchev–Trinajstić information content (AvgIpc) is 3.93. The maximum Gasteiger partial charge on any atom is 0.241 e. The Kier molecular flexibility index (Phi) is 5.16. The van der Waals surface area contributed by atoms with Crippen molar-refractivity contribution in [2.75, 3.05) is 0 Å². The summed E-state index contributed by atoms with van der Waals surface area (Å²) in [5.41, 5.74) is 16.7. The van der Waals surface area contributed by atoms with Gasteiger partial charge in [0.05, 0.1) is 11.2 Å². The summed E-state index contributed by atoms with van der Waals surface area (Å²) in [5, 5.41) is 14.1. The Labute approximate surface area is 289 Å². The summed E-state index contributed by atoms with van der Waals surface area (Å²) in [6.07, 6.45) is 18.3. The molecular weight excluding hydrogens is 609 g/mol. The molecule has 7 aromatic rings. The lowest BCUT2D eigenvalue weighted by molar-refractivity contribution is 0.685.